The summed E-state index contributed by atoms with van der Waals surface area (Å²) in [5.41, 5.74) is 2.47. The quantitative estimate of drug-likeness (QED) is 0.118. The Morgan fingerprint density at radius 1 is 0.875 bits per heavy atom. The fourth-order valence-electron chi connectivity index (χ4n) is 4.89. The first kappa shape index (κ1) is 31.1. The molecule has 7 nitrogen and oxygen atoms in total. The minimum absolute atomic E-state index is 0.0279. The lowest BCUT2D eigenvalue weighted by Gasteiger charge is -2.08. The molecule has 216 valence electrons. The van der Waals surface area contributed by atoms with Gasteiger partial charge in [-0.1, -0.05) is 57.6 Å². The molecule has 1 aromatic heterocycles. The van der Waals surface area contributed by atoms with Crippen molar-refractivity contribution in [1.82, 2.24) is 4.57 Å². The lowest BCUT2D eigenvalue weighted by atomic mass is 10.0. The lowest BCUT2D eigenvalue weighted by molar-refractivity contribution is -0.121. The monoisotopic (exact) mass is 549 g/mol. The second-order valence-corrected chi connectivity index (χ2v) is 10.4. The highest BCUT2D eigenvalue weighted by Crippen LogP contribution is 2.25. The van der Waals surface area contributed by atoms with E-state index in [1.807, 2.05) is 12.1 Å². The molecule has 0 saturated heterocycles. The largest absolute Gasteiger partial charge is 0.486 e. The Morgan fingerprint density at radius 2 is 1.60 bits per heavy atom. The third-order valence-electron chi connectivity index (χ3n) is 7.17. The van der Waals surface area contributed by atoms with Crippen LogP contribution in [0.4, 0.5) is 0 Å². The van der Waals surface area contributed by atoms with Gasteiger partial charge < -0.3 is 19.1 Å². The third kappa shape index (κ3) is 9.63. The van der Waals surface area contributed by atoms with Crippen LogP contribution in [-0.2, 0) is 22.5 Å². The van der Waals surface area contributed by atoms with E-state index in [4.69, 9.17) is 9.47 Å². The maximum Gasteiger partial charge on any atom is 0.335 e. The summed E-state index contributed by atoms with van der Waals surface area (Å²) in [7, 11) is 1.65. The van der Waals surface area contributed by atoms with Gasteiger partial charge >= 0.3 is 5.97 Å². The summed E-state index contributed by atoms with van der Waals surface area (Å²) in [6, 6.07) is 12.6. The number of Topliss-reactive ketones (excluding diaryl/α,β-unsaturated/α-hetero) is 2. The highest BCUT2D eigenvalue weighted by atomic mass is 16.5. The number of ketones is 2. The molecular weight excluding hydrogens is 506 g/mol. The maximum atomic E-state index is 13.0. The lowest BCUT2D eigenvalue weighted by Crippen LogP contribution is -2.17. The van der Waals surface area contributed by atoms with Gasteiger partial charge in [0, 0.05) is 42.8 Å². The second kappa shape index (κ2) is 16.6. The van der Waals surface area contributed by atoms with Crippen LogP contribution in [0, 0.1) is 0 Å². The van der Waals surface area contributed by atoms with E-state index in [1.54, 1.807) is 23.9 Å². The minimum Gasteiger partial charge on any atom is -0.486 e. The Hall–Kier alpha value is -3.45. The van der Waals surface area contributed by atoms with Gasteiger partial charge in [0.1, 0.15) is 12.4 Å². The summed E-state index contributed by atoms with van der Waals surface area (Å²) in [5.74, 6) is -0.620. The van der Waals surface area contributed by atoms with Crippen molar-refractivity contribution in [3.8, 4) is 5.75 Å². The molecule has 0 aliphatic heterocycles. The minimum atomic E-state index is -1.06. The maximum absolute atomic E-state index is 13.0. The smallest absolute Gasteiger partial charge is 0.335 e. The average molecular weight is 550 g/mol. The zero-order chi connectivity index (χ0) is 28.7. The molecule has 0 unspecified atom stereocenters. The standard InChI is InChI=1S/C33H43NO6/c1-3-4-5-6-7-9-12-25-14-17-28(18-15-25)40-24-27(35)22-34-23-30(32(36)13-10-8-11-20-39-2)29-21-26(33(37)38)16-19-31(29)34/h14-19,21,23H,3-13,20,22,24H2,1-2H3,(H,37,38). The van der Waals surface area contributed by atoms with Gasteiger partial charge in [-0.05, 0) is 61.6 Å². The number of unbranched alkanes of at least 4 members (excludes halogenated alkanes) is 7. The number of ether oxygens (including phenoxy) is 2. The molecule has 1 N–H and O–H groups in total. The van der Waals surface area contributed by atoms with E-state index in [9.17, 15) is 19.5 Å². The zero-order valence-electron chi connectivity index (χ0n) is 24.0. The normalized spacial score (nSPS) is 11.2. The molecule has 0 aliphatic carbocycles. The summed E-state index contributed by atoms with van der Waals surface area (Å²) in [6.07, 6.45) is 13.1. The fourth-order valence-corrected chi connectivity index (χ4v) is 4.89. The highest BCUT2D eigenvalue weighted by Gasteiger charge is 2.18. The number of aryl methyl sites for hydroxylation is 1. The van der Waals surface area contributed by atoms with Gasteiger partial charge in [-0.15, -0.1) is 0 Å². The number of aromatic nitrogens is 1. The Labute approximate surface area is 237 Å². The molecular formula is C33H43NO6. The van der Waals surface area contributed by atoms with Crippen molar-refractivity contribution >= 4 is 28.4 Å². The first-order valence-electron chi connectivity index (χ1n) is 14.5. The van der Waals surface area contributed by atoms with Crippen molar-refractivity contribution in [2.24, 2.45) is 0 Å². The molecule has 2 aromatic carbocycles. The van der Waals surface area contributed by atoms with E-state index in [2.05, 4.69) is 19.1 Å². The number of hydrogen-bond donors (Lipinski definition) is 1. The van der Waals surface area contributed by atoms with Crippen LogP contribution in [-0.4, -0.2) is 47.5 Å². The number of aromatic carboxylic acids is 1. The number of carbonyl (C=O) groups is 3. The molecule has 1 heterocycles. The number of carboxylic acid groups (broad SMARTS) is 1. The molecule has 0 bridgehead atoms. The van der Waals surface area contributed by atoms with E-state index < -0.39 is 5.97 Å². The van der Waals surface area contributed by atoms with Gasteiger partial charge in [0.15, 0.2) is 11.6 Å². The Kier molecular flexibility index (Phi) is 12.9. The molecule has 0 radical (unpaired) electrons. The first-order chi connectivity index (χ1) is 19.4. The summed E-state index contributed by atoms with van der Waals surface area (Å²) in [5, 5.41) is 10.0. The summed E-state index contributed by atoms with van der Waals surface area (Å²) in [6.45, 7) is 2.82. The zero-order valence-corrected chi connectivity index (χ0v) is 24.0. The molecule has 0 atom stereocenters. The van der Waals surface area contributed by atoms with Crippen LogP contribution in [0.5, 0.6) is 5.75 Å². The van der Waals surface area contributed by atoms with Gasteiger partial charge in [-0.2, -0.15) is 0 Å². The van der Waals surface area contributed by atoms with Crippen LogP contribution in [0.2, 0.25) is 0 Å². The highest BCUT2D eigenvalue weighted by molar-refractivity contribution is 6.09. The Morgan fingerprint density at radius 3 is 2.33 bits per heavy atom. The van der Waals surface area contributed by atoms with Gasteiger partial charge in [0.05, 0.1) is 12.1 Å². The molecule has 0 aliphatic rings. The third-order valence-corrected chi connectivity index (χ3v) is 7.17. The van der Waals surface area contributed by atoms with Crippen LogP contribution in [0.1, 0.15) is 97.4 Å². The molecule has 0 spiro atoms. The predicted molar refractivity (Wildman–Crippen MR) is 158 cm³/mol. The van der Waals surface area contributed by atoms with Crippen LogP contribution in [0.25, 0.3) is 10.9 Å². The van der Waals surface area contributed by atoms with Crippen LogP contribution in [0.3, 0.4) is 0 Å². The predicted octanol–water partition coefficient (Wildman–Crippen LogP) is 7.28. The van der Waals surface area contributed by atoms with E-state index in [0.717, 1.165) is 25.7 Å². The van der Waals surface area contributed by atoms with Crippen LogP contribution >= 0.6 is 0 Å². The van der Waals surface area contributed by atoms with Gasteiger partial charge in [0.25, 0.3) is 0 Å². The second-order valence-electron chi connectivity index (χ2n) is 10.4. The van der Waals surface area contributed by atoms with Gasteiger partial charge in [-0.25, -0.2) is 4.79 Å². The van der Waals surface area contributed by atoms with Crippen molar-refractivity contribution in [3.63, 3.8) is 0 Å². The number of hydrogen-bond acceptors (Lipinski definition) is 5. The van der Waals surface area contributed by atoms with E-state index >= 15 is 0 Å². The van der Waals surface area contributed by atoms with Crippen molar-refractivity contribution in [1.29, 1.82) is 0 Å². The Bertz CT molecular complexity index is 1240. The summed E-state index contributed by atoms with van der Waals surface area (Å²) in [4.78, 5) is 37.4. The van der Waals surface area contributed by atoms with E-state index in [-0.39, 0.29) is 30.3 Å². The number of carboxylic acids is 1. The van der Waals surface area contributed by atoms with Crippen molar-refractivity contribution < 1.29 is 29.0 Å². The number of nitrogens with zero attached hydrogens (tertiary/aromatic N) is 1. The Balaban J connectivity index is 1.58. The van der Waals surface area contributed by atoms with Crippen molar-refractivity contribution in [3.05, 3.63) is 65.4 Å². The number of fused-ring (bicyclic) bond motifs is 1. The molecule has 3 aromatic rings. The first-order valence-corrected chi connectivity index (χ1v) is 14.5. The molecule has 40 heavy (non-hydrogen) atoms. The van der Waals surface area contributed by atoms with Gasteiger partial charge in [0.2, 0.25) is 0 Å². The van der Waals surface area contributed by atoms with E-state index in [0.29, 0.717) is 35.2 Å². The van der Waals surface area contributed by atoms with Crippen molar-refractivity contribution in [2.45, 2.75) is 84.1 Å². The molecule has 3 rings (SSSR count). The van der Waals surface area contributed by atoms with Crippen molar-refractivity contribution in [2.75, 3.05) is 20.3 Å². The number of rotatable bonds is 20. The fraction of sp³-hybridized carbons (Fsp3) is 0.485. The average Bonchev–Trinajstić information content (AvgIpc) is 3.31. The van der Waals surface area contributed by atoms with E-state index in [1.165, 1.54) is 56.2 Å². The number of methoxy groups -OCH3 is 1. The summed E-state index contributed by atoms with van der Waals surface area (Å²) >= 11 is 0. The molecule has 0 saturated carbocycles. The molecule has 7 heteroatoms. The number of benzene rings is 2. The molecule has 0 fully saturated rings. The number of carbonyl (C=O) groups excluding carboxylic acids is 2. The van der Waals surface area contributed by atoms with Crippen LogP contribution < -0.4 is 4.74 Å². The topological polar surface area (TPSA) is 94.8 Å². The van der Waals surface area contributed by atoms with Gasteiger partial charge in [-0.3, -0.25) is 9.59 Å². The SMILES string of the molecule is CCCCCCCCc1ccc(OCC(=O)Cn2cc(C(=O)CCCCCOC)c3cc(C(=O)O)ccc32)cc1. The molecule has 0 amide bonds. The van der Waals surface area contributed by atoms with Crippen LogP contribution in [0.15, 0.2) is 48.7 Å². The summed E-state index contributed by atoms with van der Waals surface area (Å²) < 4.78 is 12.5.